The van der Waals surface area contributed by atoms with Crippen LogP contribution in [0.3, 0.4) is 0 Å². The second-order valence-corrected chi connectivity index (χ2v) is 4.73. The summed E-state index contributed by atoms with van der Waals surface area (Å²) in [7, 11) is 0. The summed E-state index contributed by atoms with van der Waals surface area (Å²) in [4.78, 5) is 21.6. The zero-order valence-corrected chi connectivity index (χ0v) is 10.9. The van der Waals surface area contributed by atoms with Crippen LogP contribution >= 0.6 is 0 Å². The molecule has 0 bridgehead atoms. The summed E-state index contributed by atoms with van der Waals surface area (Å²) in [6, 6.07) is 8.71. The van der Waals surface area contributed by atoms with Crippen molar-refractivity contribution in [3.8, 4) is 0 Å². The van der Waals surface area contributed by atoms with Crippen molar-refractivity contribution in [3.63, 3.8) is 0 Å². The van der Waals surface area contributed by atoms with Crippen LogP contribution in [-0.4, -0.2) is 28.7 Å². The molecule has 0 saturated carbocycles. The third kappa shape index (κ3) is 3.14. The highest BCUT2D eigenvalue weighted by atomic mass is 16.5. The second kappa shape index (κ2) is 6.18. The Labute approximate surface area is 116 Å². The number of nitrogens with zero attached hydrogens (tertiary/aromatic N) is 2. The van der Waals surface area contributed by atoms with E-state index in [0.717, 1.165) is 10.6 Å². The minimum absolute atomic E-state index is 0.197. The van der Waals surface area contributed by atoms with Gasteiger partial charge >= 0.3 is 5.97 Å². The average Bonchev–Trinajstić information content (AvgIpc) is 2.90. The van der Waals surface area contributed by atoms with Gasteiger partial charge in [0, 0.05) is 5.92 Å². The molecule has 0 radical (unpaired) electrons. The van der Waals surface area contributed by atoms with Crippen LogP contribution in [0.5, 0.6) is 0 Å². The Morgan fingerprint density at radius 3 is 2.70 bits per heavy atom. The fraction of sp³-hybridized carbons (Fsp3) is 0.357. The SMILES string of the molecule is C=C(OCc1ccccc1)[C@@H]1C[C@@H](C(=O)O)N(N=O)C1. The molecular formula is C14H16N2O4. The van der Waals surface area contributed by atoms with Gasteiger partial charge in [0.2, 0.25) is 0 Å². The van der Waals surface area contributed by atoms with Crippen molar-refractivity contribution in [2.24, 2.45) is 11.2 Å². The van der Waals surface area contributed by atoms with E-state index >= 15 is 0 Å². The van der Waals surface area contributed by atoms with Crippen molar-refractivity contribution in [2.75, 3.05) is 6.54 Å². The topological polar surface area (TPSA) is 79.2 Å². The molecule has 1 aromatic rings. The van der Waals surface area contributed by atoms with Gasteiger partial charge in [0.1, 0.15) is 12.6 Å². The van der Waals surface area contributed by atoms with Crippen molar-refractivity contribution >= 4 is 5.97 Å². The lowest BCUT2D eigenvalue weighted by atomic mass is 10.0. The number of hydrogen-bond acceptors (Lipinski definition) is 4. The Bertz CT molecular complexity index is 503. The number of carbonyl (C=O) groups is 1. The number of aliphatic carboxylic acids is 1. The molecule has 1 saturated heterocycles. The van der Waals surface area contributed by atoms with Crippen LogP contribution in [0.4, 0.5) is 0 Å². The molecule has 20 heavy (non-hydrogen) atoms. The standard InChI is InChI=1S/C14H16N2O4/c1-10(20-9-11-5-3-2-4-6-11)12-7-13(14(17)18)16(8-12)15-19/h2-6,12-13H,1,7-9H2,(H,17,18)/t12-,13+/m1/s1. The number of carboxylic acids is 1. The summed E-state index contributed by atoms with van der Waals surface area (Å²) < 4.78 is 5.58. The lowest BCUT2D eigenvalue weighted by Crippen LogP contribution is -2.31. The summed E-state index contributed by atoms with van der Waals surface area (Å²) >= 11 is 0. The summed E-state index contributed by atoms with van der Waals surface area (Å²) in [6.45, 7) is 4.44. The van der Waals surface area contributed by atoms with Crippen LogP contribution in [-0.2, 0) is 16.1 Å². The van der Waals surface area contributed by atoms with Gasteiger partial charge in [0.25, 0.3) is 0 Å². The van der Waals surface area contributed by atoms with Gasteiger partial charge in [0.15, 0.2) is 0 Å². The van der Waals surface area contributed by atoms with Gasteiger partial charge < -0.3 is 9.84 Å². The van der Waals surface area contributed by atoms with Crippen LogP contribution in [0.25, 0.3) is 0 Å². The highest BCUT2D eigenvalue weighted by Gasteiger charge is 2.39. The van der Waals surface area contributed by atoms with Crippen molar-refractivity contribution in [3.05, 3.63) is 53.1 Å². The third-order valence-electron chi connectivity index (χ3n) is 3.39. The summed E-state index contributed by atoms with van der Waals surface area (Å²) in [6.07, 6.45) is 0.286. The molecule has 1 N–H and O–H groups in total. The lowest BCUT2D eigenvalue weighted by Gasteiger charge is -2.14. The number of nitroso groups, excluding NO2 is 1. The molecule has 1 aromatic carbocycles. The van der Waals surface area contributed by atoms with Crippen LogP contribution in [0, 0.1) is 10.8 Å². The highest BCUT2D eigenvalue weighted by molar-refractivity contribution is 5.73. The molecule has 1 heterocycles. The van der Waals surface area contributed by atoms with E-state index in [1.54, 1.807) is 0 Å². The number of ether oxygens (including phenoxy) is 1. The first-order chi connectivity index (χ1) is 9.61. The lowest BCUT2D eigenvalue weighted by molar-refractivity contribution is -0.142. The molecule has 106 valence electrons. The molecule has 1 aliphatic rings. The van der Waals surface area contributed by atoms with Crippen LogP contribution in [0.1, 0.15) is 12.0 Å². The van der Waals surface area contributed by atoms with Gasteiger partial charge in [-0.3, -0.25) is 0 Å². The van der Waals surface area contributed by atoms with E-state index < -0.39 is 12.0 Å². The molecule has 0 amide bonds. The Morgan fingerprint density at radius 1 is 1.45 bits per heavy atom. The summed E-state index contributed by atoms with van der Waals surface area (Å²) in [5.74, 6) is -0.758. The molecule has 6 nitrogen and oxygen atoms in total. The van der Waals surface area contributed by atoms with E-state index in [1.165, 1.54) is 0 Å². The first-order valence-electron chi connectivity index (χ1n) is 6.30. The molecule has 0 aliphatic carbocycles. The van der Waals surface area contributed by atoms with Gasteiger partial charge in [-0.2, -0.15) is 0 Å². The Balaban J connectivity index is 1.90. The largest absolute Gasteiger partial charge is 0.494 e. The maximum atomic E-state index is 11.0. The van der Waals surface area contributed by atoms with Crippen LogP contribution < -0.4 is 0 Å². The highest BCUT2D eigenvalue weighted by Crippen LogP contribution is 2.29. The molecule has 2 atom stereocenters. The maximum absolute atomic E-state index is 11.0. The Hall–Kier alpha value is -2.37. The second-order valence-electron chi connectivity index (χ2n) is 4.73. The first-order valence-corrected chi connectivity index (χ1v) is 6.30. The van der Waals surface area contributed by atoms with E-state index in [1.807, 2.05) is 30.3 Å². The molecule has 0 spiro atoms. The van der Waals surface area contributed by atoms with E-state index in [0.29, 0.717) is 12.4 Å². The Morgan fingerprint density at radius 2 is 2.15 bits per heavy atom. The number of benzene rings is 1. The average molecular weight is 276 g/mol. The molecule has 0 unspecified atom stereocenters. The molecule has 0 aromatic heterocycles. The maximum Gasteiger partial charge on any atom is 0.328 e. The number of hydrogen-bond donors (Lipinski definition) is 1. The van der Waals surface area contributed by atoms with Gasteiger partial charge in [-0.1, -0.05) is 36.9 Å². The monoisotopic (exact) mass is 276 g/mol. The molecule has 2 rings (SSSR count). The van der Waals surface area contributed by atoms with Gasteiger partial charge in [-0.05, 0) is 12.0 Å². The summed E-state index contributed by atoms with van der Waals surface area (Å²) in [5.41, 5.74) is 1.01. The zero-order valence-electron chi connectivity index (χ0n) is 10.9. The van der Waals surface area contributed by atoms with Gasteiger partial charge in [-0.15, -0.1) is 4.91 Å². The van der Waals surface area contributed by atoms with E-state index in [9.17, 15) is 9.70 Å². The van der Waals surface area contributed by atoms with Crippen LogP contribution in [0.2, 0.25) is 0 Å². The van der Waals surface area contributed by atoms with E-state index in [4.69, 9.17) is 9.84 Å². The predicted octanol–water partition coefficient (Wildman–Crippen LogP) is 2.17. The molecule has 1 aliphatic heterocycles. The molecule has 6 heteroatoms. The molecular weight excluding hydrogens is 260 g/mol. The minimum Gasteiger partial charge on any atom is -0.494 e. The predicted molar refractivity (Wildman–Crippen MR) is 72.4 cm³/mol. The smallest absolute Gasteiger partial charge is 0.328 e. The van der Waals surface area contributed by atoms with E-state index in [-0.39, 0.29) is 18.9 Å². The minimum atomic E-state index is -1.05. The fourth-order valence-corrected chi connectivity index (χ4v) is 2.24. The van der Waals surface area contributed by atoms with Crippen molar-refractivity contribution < 1.29 is 14.6 Å². The first kappa shape index (κ1) is 14.0. The number of rotatable bonds is 6. The summed E-state index contributed by atoms with van der Waals surface area (Å²) in [5, 5.41) is 12.8. The third-order valence-corrected chi connectivity index (χ3v) is 3.39. The number of carboxylic acid groups (broad SMARTS) is 1. The molecule has 1 fully saturated rings. The van der Waals surface area contributed by atoms with E-state index in [2.05, 4.69) is 11.9 Å². The van der Waals surface area contributed by atoms with Crippen molar-refractivity contribution in [1.82, 2.24) is 5.01 Å². The van der Waals surface area contributed by atoms with Crippen molar-refractivity contribution in [2.45, 2.75) is 19.1 Å². The zero-order chi connectivity index (χ0) is 14.5. The normalized spacial score (nSPS) is 21.5. The Kier molecular flexibility index (Phi) is 4.34. The van der Waals surface area contributed by atoms with Gasteiger partial charge in [-0.25, -0.2) is 9.80 Å². The quantitative estimate of drug-likeness (QED) is 0.636. The fourth-order valence-electron chi connectivity index (χ4n) is 2.24. The van der Waals surface area contributed by atoms with Gasteiger partial charge in [0.05, 0.1) is 17.6 Å². The van der Waals surface area contributed by atoms with Crippen LogP contribution in [0.15, 0.2) is 48.0 Å². The van der Waals surface area contributed by atoms with Crippen molar-refractivity contribution in [1.29, 1.82) is 0 Å².